The Balaban J connectivity index is 1.28. The third kappa shape index (κ3) is 7.38. The molecule has 0 unspecified atom stereocenters. The molecule has 0 aliphatic rings. The van der Waals surface area contributed by atoms with Gasteiger partial charge in [0.15, 0.2) is 5.13 Å². The maximum absolute atomic E-state index is 12.3. The predicted molar refractivity (Wildman–Crippen MR) is 140 cm³/mol. The molecular weight excluding hydrogens is 458 g/mol. The lowest BCUT2D eigenvalue weighted by atomic mass is 10.1. The number of carbonyl (C=O) groups excluding carboxylic acids is 2. The molecule has 0 radical (unpaired) electrons. The zero-order valence-corrected chi connectivity index (χ0v) is 20.0. The highest BCUT2D eigenvalue weighted by Gasteiger charge is 2.07. The quantitative estimate of drug-likeness (QED) is 0.300. The summed E-state index contributed by atoms with van der Waals surface area (Å²) in [6.07, 6.45) is 3.23. The maximum Gasteiger partial charge on any atom is 0.250 e. The van der Waals surface area contributed by atoms with Gasteiger partial charge in [-0.3, -0.25) is 14.9 Å². The van der Waals surface area contributed by atoms with Crippen molar-refractivity contribution in [2.75, 3.05) is 5.32 Å². The summed E-state index contributed by atoms with van der Waals surface area (Å²) < 4.78 is 5.79. The lowest BCUT2D eigenvalue weighted by Gasteiger charge is -2.06. The van der Waals surface area contributed by atoms with E-state index in [1.165, 1.54) is 24.3 Å². The van der Waals surface area contributed by atoms with Gasteiger partial charge in [0.2, 0.25) is 11.8 Å². The molecule has 0 aliphatic carbocycles. The summed E-state index contributed by atoms with van der Waals surface area (Å²) in [6.45, 7) is 2.49. The van der Waals surface area contributed by atoms with Gasteiger partial charge in [0.05, 0.1) is 5.69 Å². The number of hydrogen-bond donors (Lipinski definition) is 2. The summed E-state index contributed by atoms with van der Waals surface area (Å²) in [5.41, 5.74) is 4.74. The minimum atomic E-state index is -0.249. The zero-order chi connectivity index (χ0) is 24.5. The topological polar surface area (TPSA) is 80.3 Å². The van der Waals surface area contributed by atoms with E-state index in [1.54, 1.807) is 6.08 Å². The molecule has 4 rings (SSSR count). The Kier molecular flexibility index (Phi) is 8.04. The minimum absolute atomic E-state index is 0.0622. The first kappa shape index (κ1) is 23.9. The smallest absolute Gasteiger partial charge is 0.250 e. The summed E-state index contributed by atoms with van der Waals surface area (Å²) in [7, 11) is 0. The molecule has 3 aromatic carbocycles. The summed E-state index contributed by atoms with van der Waals surface area (Å²) in [5, 5.41) is 8.01. The maximum atomic E-state index is 12.3. The van der Waals surface area contributed by atoms with E-state index in [4.69, 9.17) is 4.74 Å². The second kappa shape index (κ2) is 11.8. The van der Waals surface area contributed by atoms with Gasteiger partial charge in [-0.05, 0) is 34.9 Å². The second-order valence-corrected chi connectivity index (χ2v) is 8.67. The molecule has 0 saturated carbocycles. The Bertz CT molecular complexity index is 1300. The van der Waals surface area contributed by atoms with Gasteiger partial charge in [0.25, 0.3) is 0 Å². The number of thiazole rings is 1. The number of hydrogen-bond acceptors (Lipinski definition) is 5. The van der Waals surface area contributed by atoms with Crippen molar-refractivity contribution in [1.82, 2.24) is 10.3 Å². The molecule has 0 bridgehead atoms. The van der Waals surface area contributed by atoms with Crippen molar-refractivity contribution in [3.05, 3.63) is 107 Å². The largest absolute Gasteiger partial charge is 0.489 e. The number of aromatic nitrogens is 1. The number of rotatable bonds is 9. The van der Waals surface area contributed by atoms with E-state index in [1.807, 2.05) is 84.2 Å². The highest BCUT2D eigenvalue weighted by molar-refractivity contribution is 7.14. The number of anilines is 1. The summed E-state index contributed by atoms with van der Waals surface area (Å²) >= 11 is 1.37. The standard InChI is InChI=1S/C28H25N3O3S/c1-20(32)29-17-22-7-12-24(13-8-22)26-19-35-28(30-26)31-27(33)16-11-21-9-14-25(15-10-21)34-18-23-5-3-2-4-6-23/h2-16,19H,17-18H2,1H3,(H,29,32)(H,30,31,33)/b16-11+. The van der Waals surface area contributed by atoms with Crippen molar-refractivity contribution in [3.63, 3.8) is 0 Å². The highest BCUT2D eigenvalue weighted by atomic mass is 32.1. The van der Waals surface area contributed by atoms with Gasteiger partial charge in [-0.1, -0.05) is 66.7 Å². The van der Waals surface area contributed by atoms with Crippen LogP contribution < -0.4 is 15.4 Å². The van der Waals surface area contributed by atoms with E-state index in [0.29, 0.717) is 18.3 Å². The Morgan fingerprint density at radius 3 is 2.40 bits per heavy atom. The van der Waals surface area contributed by atoms with Crippen molar-refractivity contribution in [3.8, 4) is 17.0 Å². The second-order valence-electron chi connectivity index (χ2n) is 7.81. The van der Waals surface area contributed by atoms with Crippen LogP contribution in [0.1, 0.15) is 23.6 Å². The minimum Gasteiger partial charge on any atom is -0.489 e. The van der Waals surface area contributed by atoms with E-state index >= 15 is 0 Å². The lowest BCUT2D eigenvalue weighted by molar-refractivity contribution is -0.119. The fourth-order valence-corrected chi connectivity index (χ4v) is 3.94. The number of benzene rings is 3. The van der Waals surface area contributed by atoms with E-state index < -0.39 is 0 Å². The molecule has 2 N–H and O–H groups in total. The van der Waals surface area contributed by atoms with Gasteiger partial charge in [0.1, 0.15) is 12.4 Å². The molecular formula is C28H25N3O3S. The van der Waals surface area contributed by atoms with Gasteiger partial charge in [0, 0.05) is 30.5 Å². The highest BCUT2D eigenvalue weighted by Crippen LogP contribution is 2.25. The SMILES string of the molecule is CC(=O)NCc1ccc(-c2csc(NC(=O)/C=C/c3ccc(OCc4ccccc4)cc3)n2)cc1. The summed E-state index contributed by atoms with van der Waals surface area (Å²) in [6, 6.07) is 25.4. The van der Waals surface area contributed by atoms with Crippen LogP contribution in [0.25, 0.3) is 17.3 Å². The first-order valence-corrected chi connectivity index (χ1v) is 12.0. The van der Waals surface area contributed by atoms with Gasteiger partial charge in [-0.15, -0.1) is 11.3 Å². The number of nitrogens with one attached hydrogen (secondary N) is 2. The summed E-state index contributed by atoms with van der Waals surface area (Å²) in [5.74, 6) is 0.461. The Hall–Kier alpha value is -4.23. The zero-order valence-electron chi connectivity index (χ0n) is 19.2. The Morgan fingerprint density at radius 1 is 0.943 bits per heavy atom. The molecule has 7 heteroatoms. The van der Waals surface area contributed by atoms with E-state index in [2.05, 4.69) is 15.6 Å². The Morgan fingerprint density at radius 2 is 1.69 bits per heavy atom. The lowest BCUT2D eigenvalue weighted by Crippen LogP contribution is -2.18. The number of carbonyl (C=O) groups is 2. The van der Waals surface area contributed by atoms with Crippen LogP contribution in [0.15, 0.2) is 90.3 Å². The average molecular weight is 484 g/mol. The molecule has 176 valence electrons. The fourth-order valence-electron chi connectivity index (χ4n) is 3.22. The van der Waals surface area contributed by atoms with Crippen LogP contribution in [0.4, 0.5) is 5.13 Å². The molecule has 0 saturated heterocycles. The number of nitrogens with zero attached hydrogens (tertiary/aromatic N) is 1. The van der Waals surface area contributed by atoms with Crippen molar-refractivity contribution in [2.24, 2.45) is 0 Å². The van der Waals surface area contributed by atoms with Crippen LogP contribution >= 0.6 is 11.3 Å². The summed E-state index contributed by atoms with van der Waals surface area (Å²) in [4.78, 5) is 27.9. The van der Waals surface area contributed by atoms with Crippen molar-refractivity contribution < 1.29 is 14.3 Å². The van der Waals surface area contributed by atoms with Crippen LogP contribution in [0, 0.1) is 0 Å². The van der Waals surface area contributed by atoms with Crippen LogP contribution in [0.2, 0.25) is 0 Å². The van der Waals surface area contributed by atoms with E-state index in [-0.39, 0.29) is 11.8 Å². The van der Waals surface area contributed by atoms with Crippen LogP contribution in [-0.2, 0) is 22.7 Å². The molecule has 2 amide bonds. The first-order chi connectivity index (χ1) is 17.0. The van der Waals surface area contributed by atoms with Crippen molar-refractivity contribution in [2.45, 2.75) is 20.1 Å². The Labute approximate surface area is 208 Å². The van der Waals surface area contributed by atoms with Crippen molar-refractivity contribution in [1.29, 1.82) is 0 Å². The van der Waals surface area contributed by atoms with Gasteiger partial charge >= 0.3 is 0 Å². The van der Waals surface area contributed by atoms with E-state index in [0.717, 1.165) is 33.7 Å². The normalized spacial score (nSPS) is 10.8. The van der Waals surface area contributed by atoms with E-state index in [9.17, 15) is 9.59 Å². The van der Waals surface area contributed by atoms with Gasteiger partial charge < -0.3 is 10.1 Å². The van der Waals surface area contributed by atoms with Gasteiger partial charge in [-0.25, -0.2) is 4.98 Å². The number of amides is 2. The van der Waals surface area contributed by atoms with Gasteiger partial charge in [-0.2, -0.15) is 0 Å². The van der Waals surface area contributed by atoms with Crippen molar-refractivity contribution >= 4 is 34.4 Å². The molecule has 1 heterocycles. The van der Waals surface area contributed by atoms with Crippen LogP contribution in [-0.4, -0.2) is 16.8 Å². The third-order valence-electron chi connectivity index (χ3n) is 5.08. The molecule has 1 aromatic heterocycles. The molecule has 0 spiro atoms. The fraction of sp³-hybridized carbons (Fsp3) is 0.107. The molecule has 0 atom stereocenters. The average Bonchev–Trinajstić information content (AvgIpc) is 3.35. The van der Waals surface area contributed by atoms with Crippen LogP contribution in [0.5, 0.6) is 5.75 Å². The molecule has 35 heavy (non-hydrogen) atoms. The molecule has 0 fully saturated rings. The number of ether oxygens (including phenoxy) is 1. The molecule has 4 aromatic rings. The van der Waals surface area contributed by atoms with Crippen LogP contribution in [0.3, 0.4) is 0 Å². The monoisotopic (exact) mass is 483 g/mol. The predicted octanol–water partition coefficient (Wildman–Crippen LogP) is 5.68. The molecule has 6 nitrogen and oxygen atoms in total. The molecule has 0 aliphatic heterocycles. The first-order valence-electron chi connectivity index (χ1n) is 11.1. The third-order valence-corrected chi connectivity index (χ3v) is 5.84.